The Labute approximate surface area is 76.8 Å². The molecule has 0 amide bonds. The maximum absolute atomic E-state index is 10.00. The second kappa shape index (κ2) is 5.12. The summed E-state index contributed by atoms with van der Waals surface area (Å²) in [5, 5.41) is 8.23. The fraction of sp³-hybridized carbons (Fsp3) is 0.800. The van der Waals surface area contributed by atoms with E-state index < -0.39 is 16.4 Å². The van der Waals surface area contributed by atoms with Gasteiger partial charge in [-0.2, -0.15) is 0 Å². The molecule has 2 N–H and O–H groups in total. The zero-order valence-corrected chi connectivity index (χ0v) is 8.41. The third kappa shape index (κ3) is 52.9. The van der Waals surface area contributed by atoms with Gasteiger partial charge in [0.1, 0.15) is 0 Å². The third-order valence-corrected chi connectivity index (χ3v) is 0.610. The SMILES string of the molecule is C[N+](C)(C)CC(=O)O.O=S(=O)([O-])O. The molecule has 0 aromatic carbocycles. The summed E-state index contributed by atoms with van der Waals surface area (Å²) in [5.74, 6) is -0.752. The largest absolute Gasteiger partial charge is 0.726 e. The van der Waals surface area contributed by atoms with Crippen molar-refractivity contribution in [3.63, 3.8) is 0 Å². The molecule has 0 atom stereocenters. The molecule has 8 heteroatoms. The van der Waals surface area contributed by atoms with Crippen molar-refractivity contribution >= 4 is 16.4 Å². The van der Waals surface area contributed by atoms with Gasteiger partial charge in [0.25, 0.3) is 0 Å². The van der Waals surface area contributed by atoms with Crippen LogP contribution in [0.1, 0.15) is 0 Å². The van der Waals surface area contributed by atoms with Crippen LogP contribution in [0.5, 0.6) is 0 Å². The number of hydrogen-bond acceptors (Lipinski definition) is 4. The average molecular weight is 215 g/mol. The summed E-state index contributed by atoms with van der Waals surface area (Å²) < 4.78 is 33.3. The number of carboxylic acids is 1. The molecule has 0 saturated heterocycles. The number of nitrogens with zero attached hydrogens (tertiary/aromatic N) is 1. The lowest BCUT2D eigenvalue weighted by atomic mass is 10.5. The Kier molecular flexibility index (Phi) is 5.83. The summed E-state index contributed by atoms with van der Waals surface area (Å²) in [4.78, 5) is 10.00. The van der Waals surface area contributed by atoms with Crippen molar-refractivity contribution in [1.29, 1.82) is 0 Å². The summed E-state index contributed by atoms with van der Waals surface area (Å²) in [7, 11) is 0.608. The van der Waals surface area contributed by atoms with Gasteiger partial charge < -0.3 is 14.1 Å². The number of likely N-dealkylation sites (N-methyl/N-ethyl adjacent to an activating group) is 1. The van der Waals surface area contributed by atoms with Gasteiger partial charge in [-0.3, -0.25) is 4.55 Å². The summed E-state index contributed by atoms with van der Waals surface area (Å²) in [6.07, 6.45) is 0. The van der Waals surface area contributed by atoms with E-state index >= 15 is 0 Å². The van der Waals surface area contributed by atoms with Crippen molar-refractivity contribution in [2.75, 3.05) is 27.7 Å². The quantitative estimate of drug-likeness (QED) is 0.339. The maximum atomic E-state index is 10.00. The van der Waals surface area contributed by atoms with Crippen LogP contribution in [0.2, 0.25) is 0 Å². The van der Waals surface area contributed by atoms with Crippen molar-refractivity contribution < 1.29 is 31.9 Å². The molecule has 0 rings (SSSR count). The van der Waals surface area contributed by atoms with Crippen molar-refractivity contribution in [1.82, 2.24) is 0 Å². The van der Waals surface area contributed by atoms with Crippen molar-refractivity contribution in [3.05, 3.63) is 0 Å². The highest BCUT2D eigenvalue weighted by atomic mass is 32.3. The van der Waals surface area contributed by atoms with Gasteiger partial charge in [0, 0.05) is 0 Å². The van der Waals surface area contributed by atoms with Crippen LogP contribution in [-0.4, -0.2) is 60.8 Å². The number of aliphatic carboxylic acids is 1. The first-order chi connectivity index (χ1) is 5.42. The minimum atomic E-state index is -4.92. The Morgan fingerprint density at radius 3 is 1.62 bits per heavy atom. The number of carboxylic acid groups (broad SMARTS) is 1. The Hall–Kier alpha value is -0.700. The van der Waals surface area contributed by atoms with Gasteiger partial charge in [-0.05, 0) is 0 Å². The lowest BCUT2D eigenvalue weighted by Crippen LogP contribution is -2.39. The van der Waals surface area contributed by atoms with Crippen LogP contribution < -0.4 is 0 Å². The highest BCUT2D eigenvalue weighted by molar-refractivity contribution is 7.79. The van der Waals surface area contributed by atoms with E-state index in [1.165, 1.54) is 0 Å². The zero-order valence-electron chi connectivity index (χ0n) is 7.59. The zero-order chi connectivity index (χ0) is 11.3. The minimum absolute atomic E-state index is 0.181. The summed E-state index contributed by atoms with van der Waals surface area (Å²) in [6, 6.07) is 0. The molecule has 0 spiro atoms. The molecule has 80 valence electrons. The van der Waals surface area contributed by atoms with E-state index in [4.69, 9.17) is 22.6 Å². The fourth-order valence-electron chi connectivity index (χ4n) is 0.406. The molecule has 7 nitrogen and oxygen atoms in total. The summed E-state index contributed by atoms with van der Waals surface area (Å²) in [5.41, 5.74) is 0. The van der Waals surface area contributed by atoms with Crippen molar-refractivity contribution in [3.8, 4) is 0 Å². The molecular formula is C5H13NO6S. The van der Waals surface area contributed by atoms with Crippen molar-refractivity contribution in [2.24, 2.45) is 0 Å². The molecule has 0 aliphatic carbocycles. The van der Waals surface area contributed by atoms with E-state index in [2.05, 4.69) is 0 Å². The molecule has 0 fully saturated rings. The van der Waals surface area contributed by atoms with Crippen LogP contribution in [-0.2, 0) is 15.2 Å². The second-order valence-corrected chi connectivity index (χ2v) is 4.13. The van der Waals surface area contributed by atoms with E-state index in [1.807, 2.05) is 21.1 Å². The molecule has 0 aromatic heterocycles. The summed E-state index contributed by atoms with van der Waals surface area (Å²) in [6.45, 7) is 0.181. The molecule has 0 saturated carbocycles. The molecule has 0 aliphatic rings. The van der Waals surface area contributed by atoms with Crippen LogP contribution in [0, 0.1) is 0 Å². The normalized spacial score (nSPS) is 11.5. The Balaban J connectivity index is 0. The van der Waals surface area contributed by atoms with Crippen LogP contribution >= 0.6 is 0 Å². The topological polar surface area (TPSA) is 115 Å². The first-order valence-corrected chi connectivity index (χ1v) is 4.49. The minimum Gasteiger partial charge on any atom is -0.726 e. The Morgan fingerprint density at radius 2 is 1.62 bits per heavy atom. The first-order valence-electron chi connectivity index (χ1n) is 3.12. The van der Waals surface area contributed by atoms with Gasteiger partial charge in [-0.15, -0.1) is 0 Å². The van der Waals surface area contributed by atoms with Gasteiger partial charge in [0.15, 0.2) is 6.54 Å². The molecule has 0 bridgehead atoms. The van der Waals surface area contributed by atoms with Crippen molar-refractivity contribution in [2.45, 2.75) is 0 Å². The number of rotatable bonds is 2. The average Bonchev–Trinajstić information content (AvgIpc) is 1.47. The van der Waals surface area contributed by atoms with Gasteiger partial charge in [0.2, 0.25) is 10.4 Å². The third-order valence-electron chi connectivity index (χ3n) is 0.610. The molecule has 0 heterocycles. The maximum Gasteiger partial charge on any atom is 0.359 e. The Bertz CT molecular complexity index is 243. The van der Waals surface area contributed by atoms with Crippen LogP contribution in [0.3, 0.4) is 0 Å². The lowest BCUT2D eigenvalue weighted by molar-refractivity contribution is -0.862. The first kappa shape index (κ1) is 14.8. The molecule has 13 heavy (non-hydrogen) atoms. The molecular weight excluding hydrogens is 202 g/mol. The number of hydrogen-bond donors (Lipinski definition) is 2. The van der Waals surface area contributed by atoms with Crippen LogP contribution in [0.4, 0.5) is 0 Å². The van der Waals surface area contributed by atoms with E-state index in [0.717, 1.165) is 0 Å². The highest BCUT2D eigenvalue weighted by Gasteiger charge is 2.11. The van der Waals surface area contributed by atoms with E-state index in [9.17, 15) is 4.79 Å². The standard InChI is InChI=1S/C5H11NO2.H2O4S/c1-6(2,3)4-5(7)8;1-5(2,3)4/h4H2,1-3H3;(H2,1,2,3,4). The van der Waals surface area contributed by atoms with Crippen LogP contribution in [0.15, 0.2) is 0 Å². The van der Waals surface area contributed by atoms with E-state index in [0.29, 0.717) is 4.48 Å². The predicted molar refractivity (Wildman–Crippen MR) is 42.9 cm³/mol. The monoisotopic (exact) mass is 215 g/mol. The van der Waals surface area contributed by atoms with Gasteiger partial charge >= 0.3 is 5.97 Å². The van der Waals surface area contributed by atoms with E-state index in [-0.39, 0.29) is 6.54 Å². The van der Waals surface area contributed by atoms with Gasteiger partial charge in [0.05, 0.1) is 21.1 Å². The molecule has 0 unspecified atom stereocenters. The second-order valence-electron chi connectivity index (χ2n) is 3.27. The van der Waals surface area contributed by atoms with Gasteiger partial charge in [-0.1, -0.05) is 0 Å². The molecule has 0 radical (unpaired) electrons. The molecule has 0 aliphatic heterocycles. The summed E-state index contributed by atoms with van der Waals surface area (Å²) >= 11 is 0. The van der Waals surface area contributed by atoms with E-state index in [1.54, 1.807) is 0 Å². The van der Waals surface area contributed by atoms with Gasteiger partial charge in [-0.25, -0.2) is 13.2 Å². The Morgan fingerprint density at radius 1 is 1.38 bits per heavy atom. The number of carbonyl (C=O) groups is 1. The highest BCUT2D eigenvalue weighted by Crippen LogP contribution is 1.86. The smallest absolute Gasteiger partial charge is 0.359 e. The molecule has 0 aromatic rings. The van der Waals surface area contributed by atoms with Crippen LogP contribution in [0.25, 0.3) is 0 Å². The predicted octanol–water partition coefficient (Wildman–Crippen LogP) is -1.22. The fourth-order valence-corrected chi connectivity index (χ4v) is 0.406. The lowest BCUT2D eigenvalue weighted by Gasteiger charge is -2.20. The number of quaternary nitrogens is 1.